The van der Waals surface area contributed by atoms with Gasteiger partial charge in [0, 0.05) is 19.2 Å². The van der Waals surface area contributed by atoms with Gasteiger partial charge >= 0.3 is 0 Å². The van der Waals surface area contributed by atoms with Crippen LogP contribution in [0.1, 0.15) is 24.0 Å². The molecule has 1 aromatic rings. The van der Waals surface area contributed by atoms with Crippen molar-refractivity contribution in [1.29, 1.82) is 0 Å². The van der Waals surface area contributed by atoms with E-state index in [1.807, 2.05) is 39.1 Å². The first kappa shape index (κ1) is 20.4. The van der Waals surface area contributed by atoms with Crippen molar-refractivity contribution >= 4 is 29.9 Å². The van der Waals surface area contributed by atoms with E-state index in [1.165, 1.54) is 4.90 Å². The van der Waals surface area contributed by atoms with Gasteiger partial charge in [0.1, 0.15) is 0 Å². The lowest BCUT2D eigenvalue weighted by molar-refractivity contribution is -0.133. The number of carbonyl (C=O) groups is 2. The van der Waals surface area contributed by atoms with Crippen molar-refractivity contribution < 1.29 is 9.59 Å². The Morgan fingerprint density at radius 2 is 1.91 bits per heavy atom. The maximum Gasteiger partial charge on any atom is 0.243 e. The predicted octanol–water partition coefficient (Wildman–Crippen LogP) is 2.12. The maximum atomic E-state index is 12.0. The quantitative estimate of drug-likeness (QED) is 0.754. The van der Waals surface area contributed by atoms with E-state index in [0.717, 1.165) is 29.8 Å². The van der Waals surface area contributed by atoms with E-state index in [9.17, 15) is 9.59 Å². The van der Waals surface area contributed by atoms with Gasteiger partial charge in [-0.3, -0.25) is 9.59 Å². The van der Waals surface area contributed by atoms with Crippen molar-refractivity contribution in [2.24, 2.45) is 0 Å². The van der Waals surface area contributed by atoms with Crippen molar-refractivity contribution in [2.75, 3.05) is 32.5 Å². The Hall–Kier alpha value is -1.59. The summed E-state index contributed by atoms with van der Waals surface area (Å²) in [4.78, 5) is 25.3. The van der Waals surface area contributed by atoms with Crippen LogP contribution in [-0.4, -0.2) is 43.9 Å². The van der Waals surface area contributed by atoms with Crippen LogP contribution in [0, 0.1) is 13.8 Å². The lowest BCUT2D eigenvalue weighted by Gasteiger charge is -2.17. The first-order chi connectivity index (χ1) is 9.95. The van der Waals surface area contributed by atoms with Crippen molar-refractivity contribution in [3.05, 3.63) is 29.3 Å². The third-order valence-corrected chi connectivity index (χ3v) is 3.50. The van der Waals surface area contributed by atoms with Crippen LogP contribution >= 0.6 is 12.4 Å². The van der Waals surface area contributed by atoms with Crippen LogP contribution in [0.15, 0.2) is 18.2 Å². The molecule has 0 aromatic heterocycles. The fourth-order valence-electron chi connectivity index (χ4n) is 1.99. The minimum absolute atomic E-state index is 0. The lowest BCUT2D eigenvalue weighted by atomic mass is 10.1. The van der Waals surface area contributed by atoms with Crippen LogP contribution in [0.2, 0.25) is 0 Å². The zero-order chi connectivity index (χ0) is 15.8. The van der Waals surface area contributed by atoms with Crippen LogP contribution in [0.25, 0.3) is 0 Å². The summed E-state index contributed by atoms with van der Waals surface area (Å²) in [6.07, 6.45) is 1.23. The molecule has 0 saturated heterocycles. The Morgan fingerprint density at radius 1 is 1.23 bits per heavy atom. The number of amides is 2. The number of likely N-dealkylation sites (N-methyl/N-ethyl adjacent to an activating group) is 1. The van der Waals surface area contributed by atoms with Crippen LogP contribution < -0.4 is 10.6 Å². The minimum Gasteiger partial charge on any atom is -0.336 e. The van der Waals surface area contributed by atoms with Crippen LogP contribution in [0.5, 0.6) is 0 Å². The summed E-state index contributed by atoms with van der Waals surface area (Å²) in [7, 11) is 3.51. The number of aryl methyl sites for hydroxylation is 1. The van der Waals surface area contributed by atoms with E-state index in [2.05, 4.69) is 10.6 Å². The monoisotopic (exact) mass is 327 g/mol. The van der Waals surface area contributed by atoms with Crippen LogP contribution in [0.4, 0.5) is 5.69 Å². The largest absolute Gasteiger partial charge is 0.336 e. The molecule has 0 heterocycles. The highest BCUT2D eigenvalue weighted by Crippen LogP contribution is 2.17. The molecule has 5 nitrogen and oxygen atoms in total. The van der Waals surface area contributed by atoms with Gasteiger partial charge < -0.3 is 15.5 Å². The number of nitrogens with zero attached hydrogens (tertiary/aromatic N) is 1. The van der Waals surface area contributed by atoms with Gasteiger partial charge in [-0.05, 0) is 51.1 Å². The normalized spacial score (nSPS) is 9.82. The van der Waals surface area contributed by atoms with Gasteiger partial charge in [-0.25, -0.2) is 0 Å². The topological polar surface area (TPSA) is 61.4 Å². The Balaban J connectivity index is 0.00000441. The summed E-state index contributed by atoms with van der Waals surface area (Å²) >= 11 is 0. The Labute approximate surface area is 138 Å². The van der Waals surface area contributed by atoms with Crippen LogP contribution in [0.3, 0.4) is 0 Å². The second-order valence-corrected chi connectivity index (χ2v) is 5.25. The number of benzene rings is 1. The summed E-state index contributed by atoms with van der Waals surface area (Å²) in [6.45, 7) is 4.85. The molecule has 0 saturated carbocycles. The fraction of sp³-hybridized carbons (Fsp3) is 0.500. The van der Waals surface area contributed by atoms with E-state index in [0.29, 0.717) is 6.42 Å². The minimum atomic E-state index is -0.173. The third kappa shape index (κ3) is 6.45. The Morgan fingerprint density at radius 3 is 2.55 bits per heavy atom. The summed E-state index contributed by atoms with van der Waals surface area (Å²) in [5, 5.41) is 5.86. The second-order valence-electron chi connectivity index (χ2n) is 5.25. The summed E-state index contributed by atoms with van der Waals surface area (Å²) in [5.74, 6) is -0.186. The number of halogens is 1. The zero-order valence-electron chi connectivity index (χ0n) is 13.7. The van der Waals surface area contributed by atoms with Gasteiger partial charge in [-0.15, -0.1) is 12.4 Å². The number of carbonyl (C=O) groups excluding carboxylic acids is 2. The molecule has 1 rings (SSSR count). The molecule has 0 aliphatic rings. The number of hydrogen-bond donors (Lipinski definition) is 2. The average molecular weight is 328 g/mol. The fourth-order valence-corrected chi connectivity index (χ4v) is 1.99. The molecular formula is C16H26ClN3O2. The number of anilines is 1. The SMILES string of the molecule is CNCCCC(=O)N(C)CC(=O)Nc1cccc(C)c1C.Cl. The van der Waals surface area contributed by atoms with Crippen molar-refractivity contribution in [2.45, 2.75) is 26.7 Å². The molecular weight excluding hydrogens is 302 g/mol. The second kappa shape index (κ2) is 10.2. The van der Waals surface area contributed by atoms with Gasteiger partial charge in [-0.1, -0.05) is 12.1 Å². The van der Waals surface area contributed by atoms with E-state index >= 15 is 0 Å². The summed E-state index contributed by atoms with van der Waals surface area (Å²) in [6, 6.07) is 5.78. The molecule has 0 atom stereocenters. The molecule has 2 amide bonds. The molecule has 22 heavy (non-hydrogen) atoms. The molecule has 1 aromatic carbocycles. The summed E-state index contributed by atoms with van der Waals surface area (Å²) in [5.41, 5.74) is 2.98. The van der Waals surface area contributed by atoms with Gasteiger partial charge in [0.15, 0.2) is 0 Å². The molecule has 0 fully saturated rings. The highest BCUT2D eigenvalue weighted by Gasteiger charge is 2.13. The van der Waals surface area contributed by atoms with Crippen molar-refractivity contribution in [1.82, 2.24) is 10.2 Å². The van der Waals surface area contributed by atoms with Crippen molar-refractivity contribution in [3.63, 3.8) is 0 Å². The molecule has 0 radical (unpaired) electrons. The van der Waals surface area contributed by atoms with Gasteiger partial charge in [0.2, 0.25) is 11.8 Å². The molecule has 0 unspecified atom stereocenters. The highest BCUT2D eigenvalue weighted by atomic mass is 35.5. The highest BCUT2D eigenvalue weighted by molar-refractivity contribution is 5.95. The number of rotatable bonds is 7. The van der Waals surface area contributed by atoms with Gasteiger partial charge in [-0.2, -0.15) is 0 Å². The van der Waals surface area contributed by atoms with E-state index in [4.69, 9.17) is 0 Å². The first-order valence-corrected chi connectivity index (χ1v) is 7.20. The van der Waals surface area contributed by atoms with Crippen molar-refractivity contribution in [3.8, 4) is 0 Å². The Kier molecular flexibility index (Phi) is 9.45. The molecule has 0 spiro atoms. The molecule has 6 heteroatoms. The van der Waals surface area contributed by atoms with Gasteiger partial charge in [0.25, 0.3) is 0 Å². The molecule has 124 valence electrons. The van der Waals surface area contributed by atoms with Gasteiger partial charge in [0.05, 0.1) is 6.54 Å². The third-order valence-electron chi connectivity index (χ3n) is 3.50. The molecule has 2 N–H and O–H groups in total. The Bertz CT molecular complexity index is 506. The number of nitrogens with one attached hydrogen (secondary N) is 2. The first-order valence-electron chi connectivity index (χ1n) is 7.20. The molecule has 0 aliphatic heterocycles. The average Bonchev–Trinajstić information content (AvgIpc) is 2.44. The molecule has 0 bridgehead atoms. The lowest BCUT2D eigenvalue weighted by Crippen LogP contribution is -2.35. The number of hydrogen-bond acceptors (Lipinski definition) is 3. The zero-order valence-corrected chi connectivity index (χ0v) is 14.5. The van der Waals surface area contributed by atoms with E-state index in [-0.39, 0.29) is 30.8 Å². The maximum absolute atomic E-state index is 12.0. The van der Waals surface area contributed by atoms with Crippen LogP contribution in [-0.2, 0) is 9.59 Å². The summed E-state index contributed by atoms with van der Waals surface area (Å²) < 4.78 is 0. The van der Waals surface area contributed by atoms with E-state index in [1.54, 1.807) is 7.05 Å². The van der Waals surface area contributed by atoms with E-state index < -0.39 is 0 Å². The predicted molar refractivity (Wildman–Crippen MR) is 92.6 cm³/mol. The smallest absolute Gasteiger partial charge is 0.243 e. The standard InChI is InChI=1S/C16H25N3O2.ClH/c1-12-7-5-8-14(13(12)2)18-15(20)11-19(4)16(21)9-6-10-17-3;/h5,7-8,17H,6,9-11H2,1-4H3,(H,18,20);1H. The molecule has 0 aliphatic carbocycles.